The molecule has 4 rings (SSSR count). The SMILES string of the molecule is Cc1ccn2cc(CNC(=O)C3CCN(C4CCS(=O)(=O)C4)CC3)nc2c1. The number of pyridine rings is 1. The van der Waals surface area contributed by atoms with Crippen LogP contribution in [0.4, 0.5) is 0 Å². The van der Waals surface area contributed by atoms with Gasteiger partial charge >= 0.3 is 0 Å². The fourth-order valence-electron chi connectivity index (χ4n) is 4.13. The van der Waals surface area contributed by atoms with Crippen LogP contribution in [0.3, 0.4) is 0 Å². The first-order valence-corrected chi connectivity index (χ1v) is 11.4. The minimum absolute atomic E-state index is 0.00136. The molecule has 0 aliphatic carbocycles. The molecular weight excluding hydrogens is 364 g/mol. The number of likely N-dealkylation sites (tertiary alicyclic amines) is 1. The van der Waals surface area contributed by atoms with Crippen LogP contribution in [0.5, 0.6) is 0 Å². The summed E-state index contributed by atoms with van der Waals surface area (Å²) >= 11 is 0. The number of aryl methyl sites for hydroxylation is 1. The Morgan fingerprint density at radius 3 is 2.78 bits per heavy atom. The maximum atomic E-state index is 12.5. The van der Waals surface area contributed by atoms with Crippen molar-refractivity contribution in [1.29, 1.82) is 0 Å². The van der Waals surface area contributed by atoms with Crippen LogP contribution in [-0.4, -0.2) is 59.2 Å². The molecule has 0 saturated carbocycles. The van der Waals surface area contributed by atoms with E-state index in [1.807, 2.05) is 35.9 Å². The Balaban J connectivity index is 1.28. The normalized spacial score (nSPS) is 23.7. The summed E-state index contributed by atoms with van der Waals surface area (Å²) in [4.78, 5) is 19.3. The van der Waals surface area contributed by atoms with Crippen molar-refractivity contribution < 1.29 is 13.2 Å². The molecule has 1 N–H and O–H groups in total. The van der Waals surface area contributed by atoms with Crippen molar-refractivity contribution >= 4 is 21.4 Å². The third-order valence-electron chi connectivity index (χ3n) is 5.73. The minimum Gasteiger partial charge on any atom is -0.350 e. The predicted molar refractivity (Wildman–Crippen MR) is 103 cm³/mol. The lowest BCUT2D eigenvalue weighted by molar-refractivity contribution is -0.126. The predicted octanol–water partition coefficient (Wildman–Crippen LogP) is 1.16. The largest absolute Gasteiger partial charge is 0.350 e. The summed E-state index contributed by atoms with van der Waals surface area (Å²) in [6, 6.07) is 4.19. The second-order valence-electron chi connectivity index (χ2n) is 7.79. The lowest BCUT2D eigenvalue weighted by atomic mass is 9.94. The van der Waals surface area contributed by atoms with Crippen molar-refractivity contribution in [3.05, 3.63) is 35.8 Å². The van der Waals surface area contributed by atoms with Gasteiger partial charge in [-0.05, 0) is 57.0 Å². The minimum atomic E-state index is -2.86. The van der Waals surface area contributed by atoms with Crippen molar-refractivity contribution in [1.82, 2.24) is 19.6 Å². The molecule has 8 heteroatoms. The average Bonchev–Trinajstić information content (AvgIpc) is 3.21. The van der Waals surface area contributed by atoms with Crippen LogP contribution < -0.4 is 5.32 Å². The lowest BCUT2D eigenvalue weighted by Crippen LogP contribution is -2.45. The number of aromatic nitrogens is 2. The number of sulfone groups is 1. The highest BCUT2D eigenvalue weighted by Gasteiger charge is 2.35. The number of nitrogens with zero attached hydrogens (tertiary/aromatic N) is 3. The molecule has 27 heavy (non-hydrogen) atoms. The Bertz CT molecular complexity index is 945. The van der Waals surface area contributed by atoms with Gasteiger partial charge in [-0.15, -0.1) is 0 Å². The number of piperidine rings is 1. The van der Waals surface area contributed by atoms with Gasteiger partial charge in [-0.3, -0.25) is 9.69 Å². The first kappa shape index (κ1) is 18.4. The summed E-state index contributed by atoms with van der Waals surface area (Å²) in [7, 11) is -2.86. The van der Waals surface area contributed by atoms with E-state index in [1.54, 1.807) is 0 Å². The number of nitrogens with one attached hydrogen (secondary N) is 1. The molecule has 1 unspecified atom stereocenters. The van der Waals surface area contributed by atoms with Crippen molar-refractivity contribution in [2.45, 2.75) is 38.8 Å². The Hall–Kier alpha value is -1.93. The first-order chi connectivity index (χ1) is 12.9. The molecule has 2 aromatic rings. The Kier molecular flexibility index (Phi) is 4.94. The summed E-state index contributed by atoms with van der Waals surface area (Å²) in [5.74, 6) is 0.647. The fourth-order valence-corrected chi connectivity index (χ4v) is 5.90. The van der Waals surface area contributed by atoms with Crippen molar-refractivity contribution in [3.8, 4) is 0 Å². The van der Waals surface area contributed by atoms with Gasteiger partial charge in [-0.2, -0.15) is 0 Å². The molecule has 4 heterocycles. The number of rotatable bonds is 4. The zero-order valence-electron chi connectivity index (χ0n) is 15.6. The molecule has 2 aliphatic heterocycles. The third-order valence-corrected chi connectivity index (χ3v) is 7.48. The lowest BCUT2D eigenvalue weighted by Gasteiger charge is -2.34. The number of carbonyl (C=O) groups excluding carboxylic acids is 1. The summed E-state index contributed by atoms with van der Waals surface area (Å²) in [5.41, 5.74) is 2.90. The summed E-state index contributed by atoms with van der Waals surface area (Å²) in [6.07, 6.45) is 6.21. The van der Waals surface area contributed by atoms with Gasteiger partial charge in [0, 0.05) is 24.4 Å². The molecule has 2 fully saturated rings. The van der Waals surface area contributed by atoms with E-state index in [9.17, 15) is 13.2 Å². The number of hydrogen-bond donors (Lipinski definition) is 1. The van der Waals surface area contributed by atoms with Gasteiger partial charge in [0.1, 0.15) is 5.65 Å². The van der Waals surface area contributed by atoms with E-state index in [2.05, 4.69) is 15.2 Å². The molecule has 146 valence electrons. The first-order valence-electron chi connectivity index (χ1n) is 9.56. The van der Waals surface area contributed by atoms with Gasteiger partial charge in [0.2, 0.25) is 5.91 Å². The Labute approximate surface area is 159 Å². The molecule has 7 nitrogen and oxygen atoms in total. The van der Waals surface area contributed by atoms with E-state index < -0.39 is 9.84 Å². The smallest absolute Gasteiger partial charge is 0.223 e. The van der Waals surface area contributed by atoms with Crippen LogP contribution in [0.1, 0.15) is 30.5 Å². The van der Waals surface area contributed by atoms with Gasteiger partial charge in [0.15, 0.2) is 9.84 Å². The number of imidazole rings is 1. The van der Waals surface area contributed by atoms with Gasteiger partial charge in [0.05, 0.1) is 23.7 Å². The summed E-state index contributed by atoms with van der Waals surface area (Å²) in [6.45, 7) is 4.06. The van der Waals surface area contributed by atoms with E-state index in [0.717, 1.165) is 49.3 Å². The van der Waals surface area contributed by atoms with Gasteiger partial charge in [-0.25, -0.2) is 13.4 Å². The van der Waals surface area contributed by atoms with E-state index in [-0.39, 0.29) is 23.6 Å². The second-order valence-corrected chi connectivity index (χ2v) is 10.0. The molecule has 0 bridgehead atoms. The fraction of sp³-hybridized carbons (Fsp3) is 0.579. The maximum Gasteiger partial charge on any atom is 0.223 e. The van der Waals surface area contributed by atoms with E-state index in [0.29, 0.717) is 12.3 Å². The molecule has 0 radical (unpaired) electrons. The van der Waals surface area contributed by atoms with Crippen LogP contribution in [0.2, 0.25) is 0 Å². The highest BCUT2D eigenvalue weighted by molar-refractivity contribution is 7.91. The van der Waals surface area contributed by atoms with Crippen molar-refractivity contribution in [3.63, 3.8) is 0 Å². The average molecular weight is 391 g/mol. The number of amides is 1. The Morgan fingerprint density at radius 1 is 1.30 bits per heavy atom. The van der Waals surface area contributed by atoms with Crippen LogP contribution in [-0.2, 0) is 21.2 Å². The standard InChI is InChI=1S/C19H26N4O3S/c1-14-2-6-23-12-16(21-18(23)10-14)11-20-19(24)15-3-7-22(8-4-15)17-5-9-27(25,26)13-17/h2,6,10,12,15,17H,3-5,7-9,11,13H2,1H3,(H,20,24). The number of hydrogen-bond acceptors (Lipinski definition) is 5. The molecule has 1 amide bonds. The summed E-state index contributed by atoms with van der Waals surface area (Å²) in [5, 5.41) is 3.01. The van der Waals surface area contributed by atoms with E-state index in [4.69, 9.17) is 0 Å². The highest BCUT2D eigenvalue weighted by Crippen LogP contribution is 2.24. The Morgan fingerprint density at radius 2 is 2.07 bits per heavy atom. The van der Waals surface area contributed by atoms with Crippen molar-refractivity contribution in [2.75, 3.05) is 24.6 Å². The molecular formula is C19H26N4O3S. The number of carbonyl (C=O) groups is 1. The zero-order valence-corrected chi connectivity index (χ0v) is 16.4. The van der Waals surface area contributed by atoms with Crippen LogP contribution in [0.15, 0.2) is 24.5 Å². The number of fused-ring (bicyclic) bond motifs is 1. The maximum absolute atomic E-state index is 12.5. The molecule has 0 spiro atoms. The molecule has 1 atom stereocenters. The quantitative estimate of drug-likeness (QED) is 0.847. The van der Waals surface area contributed by atoms with Crippen LogP contribution in [0, 0.1) is 12.8 Å². The second kappa shape index (κ2) is 7.24. The monoisotopic (exact) mass is 390 g/mol. The van der Waals surface area contributed by atoms with Gasteiger partial charge in [0.25, 0.3) is 0 Å². The van der Waals surface area contributed by atoms with Gasteiger partial charge in [-0.1, -0.05) is 0 Å². The topological polar surface area (TPSA) is 83.8 Å². The molecule has 2 saturated heterocycles. The molecule has 0 aromatic carbocycles. The van der Waals surface area contributed by atoms with Crippen LogP contribution >= 0.6 is 0 Å². The summed E-state index contributed by atoms with van der Waals surface area (Å²) < 4.78 is 25.3. The van der Waals surface area contributed by atoms with Crippen LogP contribution in [0.25, 0.3) is 5.65 Å². The zero-order chi connectivity index (χ0) is 19.0. The van der Waals surface area contributed by atoms with E-state index >= 15 is 0 Å². The highest BCUT2D eigenvalue weighted by atomic mass is 32.2. The third kappa shape index (κ3) is 4.16. The van der Waals surface area contributed by atoms with Gasteiger partial charge < -0.3 is 9.72 Å². The molecule has 2 aromatic heterocycles. The molecule has 2 aliphatic rings. The van der Waals surface area contributed by atoms with Crippen molar-refractivity contribution in [2.24, 2.45) is 5.92 Å². The van der Waals surface area contributed by atoms with E-state index in [1.165, 1.54) is 0 Å².